The van der Waals surface area contributed by atoms with Crippen LogP contribution >= 0.6 is 0 Å². The molecule has 0 aromatic carbocycles. The van der Waals surface area contributed by atoms with Crippen molar-refractivity contribution in [2.45, 2.75) is 66.4 Å². The van der Waals surface area contributed by atoms with Crippen LogP contribution < -0.4 is 5.32 Å². The van der Waals surface area contributed by atoms with Crippen LogP contribution in [0, 0.1) is 11.3 Å². The van der Waals surface area contributed by atoms with Gasteiger partial charge in [0, 0.05) is 6.54 Å². The summed E-state index contributed by atoms with van der Waals surface area (Å²) in [7, 11) is 0. The molecule has 0 bridgehead atoms. The third kappa shape index (κ3) is 5.39. The number of carbonyl (C=O) groups excluding carboxylic acids is 1. The van der Waals surface area contributed by atoms with Crippen LogP contribution in [0.1, 0.15) is 60.8 Å². The predicted octanol–water partition coefficient (Wildman–Crippen LogP) is 3.43. The minimum absolute atomic E-state index is 0.0186. The number of hydrogen-bond acceptors (Lipinski definition) is 3. The molecular weight excluding hydrogens is 258 g/mol. The van der Waals surface area contributed by atoms with Crippen molar-refractivity contribution in [1.82, 2.24) is 5.32 Å². The molecule has 0 spiro atoms. The van der Waals surface area contributed by atoms with E-state index in [4.69, 9.17) is 4.74 Å². The van der Waals surface area contributed by atoms with Crippen LogP contribution in [0.2, 0.25) is 0 Å². The highest BCUT2D eigenvalue weighted by molar-refractivity contribution is 5.77. The van der Waals surface area contributed by atoms with Crippen LogP contribution in [-0.4, -0.2) is 29.3 Å². The lowest BCUT2D eigenvalue weighted by atomic mass is 9.71. The molecule has 0 aliphatic carbocycles. The average Bonchev–Trinajstić information content (AvgIpc) is 2.31. The Morgan fingerprint density at radius 2 is 1.80 bits per heavy atom. The lowest BCUT2D eigenvalue weighted by Gasteiger charge is -2.35. The summed E-state index contributed by atoms with van der Waals surface area (Å²) in [5.74, 6) is -0.875. The van der Waals surface area contributed by atoms with Crippen LogP contribution in [-0.2, 0) is 9.53 Å². The van der Waals surface area contributed by atoms with Crippen molar-refractivity contribution >= 4 is 12.1 Å². The van der Waals surface area contributed by atoms with Gasteiger partial charge in [-0.1, -0.05) is 33.6 Å². The topological polar surface area (TPSA) is 75.6 Å². The molecule has 0 aromatic heterocycles. The maximum Gasteiger partial charge on any atom is 0.407 e. The van der Waals surface area contributed by atoms with E-state index in [0.717, 1.165) is 12.8 Å². The fraction of sp³-hybridized carbons (Fsp3) is 0.867. The van der Waals surface area contributed by atoms with Crippen LogP contribution in [0.5, 0.6) is 0 Å². The van der Waals surface area contributed by atoms with E-state index in [9.17, 15) is 14.7 Å². The number of aliphatic carboxylic acids is 1. The van der Waals surface area contributed by atoms with Gasteiger partial charge in [0.15, 0.2) is 0 Å². The van der Waals surface area contributed by atoms with Crippen molar-refractivity contribution < 1.29 is 19.4 Å². The van der Waals surface area contributed by atoms with E-state index < -0.39 is 23.1 Å². The summed E-state index contributed by atoms with van der Waals surface area (Å²) >= 11 is 0. The number of carboxylic acid groups (broad SMARTS) is 1. The highest BCUT2D eigenvalue weighted by Crippen LogP contribution is 2.35. The van der Waals surface area contributed by atoms with Gasteiger partial charge < -0.3 is 15.2 Å². The second-order valence-electron chi connectivity index (χ2n) is 6.38. The molecule has 0 radical (unpaired) electrons. The van der Waals surface area contributed by atoms with Crippen LogP contribution in [0.4, 0.5) is 4.79 Å². The molecule has 0 aromatic rings. The van der Waals surface area contributed by atoms with Gasteiger partial charge >= 0.3 is 12.1 Å². The van der Waals surface area contributed by atoms with Gasteiger partial charge in [-0.3, -0.25) is 4.79 Å². The molecule has 20 heavy (non-hydrogen) atoms. The molecule has 2 unspecified atom stereocenters. The highest BCUT2D eigenvalue weighted by Gasteiger charge is 2.42. The molecule has 0 saturated heterocycles. The monoisotopic (exact) mass is 287 g/mol. The smallest absolute Gasteiger partial charge is 0.407 e. The Morgan fingerprint density at radius 1 is 1.25 bits per heavy atom. The minimum Gasteiger partial charge on any atom is -0.481 e. The fourth-order valence-corrected chi connectivity index (χ4v) is 2.28. The second kappa shape index (κ2) is 7.50. The van der Waals surface area contributed by atoms with E-state index in [1.54, 1.807) is 20.8 Å². The molecule has 0 rings (SSSR count). The quantitative estimate of drug-likeness (QED) is 0.752. The Labute approximate surface area is 122 Å². The molecule has 5 nitrogen and oxygen atoms in total. The summed E-state index contributed by atoms with van der Waals surface area (Å²) in [5, 5.41) is 12.2. The van der Waals surface area contributed by atoms with Gasteiger partial charge in [-0.15, -0.1) is 0 Å². The molecule has 0 saturated carbocycles. The standard InChI is InChI=1S/C15H29NO4/c1-7-9-15(12(17)18,11(3)8-2)10-16-13(19)20-14(4,5)6/h11H,7-10H2,1-6H3,(H,16,19)(H,17,18). The van der Waals surface area contributed by atoms with E-state index in [2.05, 4.69) is 5.32 Å². The molecular formula is C15H29NO4. The molecule has 5 heteroatoms. The molecule has 2 N–H and O–H groups in total. The number of amides is 1. The van der Waals surface area contributed by atoms with E-state index in [-0.39, 0.29) is 12.5 Å². The number of alkyl carbamates (subject to hydrolysis) is 1. The van der Waals surface area contributed by atoms with Crippen molar-refractivity contribution in [3.05, 3.63) is 0 Å². The summed E-state index contributed by atoms with van der Waals surface area (Å²) in [5.41, 5.74) is -1.52. The molecule has 2 atom stereocenters. The summed E-state index contributed by atoms with van der Waals surface area (Å²) in [6.07, 6.45) is 1.48. The fourth-order valence-electron chi connectivity index (χ4n) is 2.28. The highest BCUT2D eigenvalue weighted by atomic mass is 16.6. The zero-order valence-electron chi connectivity index (χ0n) is 13.6. The van der Waals surface area contributed by atoms with E-state index >= 15 is 0 Å². The normalized spacial score (nSPS) is 16.1. The van der Waals surface area contributed by atoms with Gasteiger partial charge in [-0.05, 0) is 33.1 Å². The van der Waals surface area contributed by atoms with Crippen molar-refractivity contribution in [3.63, 3.8) is 0 Å². The number of carbonyl (C=O) groups is 2. The number of rotatable bonds is 7. The minimum atomic E-state index is -0.930. The van der Waals surface area contributed by atoms with Crippen molar-refractivity contribution in [2.24, 2.45) is 11.3 Å². The Bertz CT molecular complexity index is 335. The Morgan fingerprint density at radius 3 is 2.15 bits per heavy atom. The van der Waals surface area contributed by atoms with E-state index in [1.165, 1.54) is 0 Å². The maximum absolute atomic E-state index is 11.7. The second-order valence-corrected chi connectivity index (χ2v) is 6.38. The van der Waals surface area contributed by atoms with Crippen molar-refractivity contribution in [3.8, 4) is 0 Å². The van der Waals surface area contributed by atoms with Gasteiger partial charge in [0.05, 0.1) is 5.41 Å². The number of nitrogens with one attached hydrogen (secondary N) is 1. The van der Waals surface area contributed by atoms with Crippen LogP contribution in [0.15, 0.2) is 0 Å². The zero-order valence-corrected chi connectivity index (χ0v) is 13.6. The van der Waals surface area contributed by atoms with Gasteiger partial charge in [-0.25, -0.2) is 4.79 Å². The Kier molecular flexibility index (Phi) is 7.03. The van der Waals surface area contributed by atoms with Gasteiger partial charge in [-0.2, -0.15) is 0 Å². The van der Waals surface area contributed by atoms with Crippen LogP contribution in [0.3, 0.4) is 0 Å². The first-order chi connectivity index (χ1) is 9.09. The summed E-state index contributed by atoms with van der Waals surface area (Å²) in [6, 6.07) is 0. The maximum atomic E-state index is 11.7. The van der Waals surface area contributed by atoms with Gasteiger partial charge in [0.1, 0.15) is 5.60 Å². The Balaban J connectivity index is 4.90. The van der Waals surface area contributed by atoms with E-state index in [1.807, 2.05) is 20.8 Å². The first-order valence-electron chi connectivity index (χ1n) is 7.29. The first-order valence-corrected chi connectivity index (χ1v) is 7.29. The van der Waals surface area contributed by atoms with E-state index in [0.29, 0.717) is 6.42 Å². The largest absolute Gasteiger partial charge is 0.481 e. The number of hydrogen-bond donors (Lipinski definition) is 2. The summed E-state index contributed by atoms with van der Waals surface area (Å²) in [4.78, 5) is 23.4. The molecule has 0 heterocycles. The molecule has 0 aliphatic rings. The third-order valence-corrected chi connectivity index (χ3v) is 3.62. The lowest BCUT2D eigenvalue weighted by Crippen LogP contribution is -2.48. The SMILES string of the molecule is CCCC(CNC(=O)OC(C)(C)C)(C(=O)O)C(C)CC. The van der Waals surface area contributed by atoms with Gasteiger partial charge in [0.2, 0.25) is 0 Å². The Hall–Kier alpha value is -1.26. The van der Waals surface area contributed by atoms with Gasteiger partial charge in [0.25, 0.3) is 0 Å². The zero-order chi connectivity index (χ0) is 16.0. The van der Waals surface area contributed by atoms with Crippen LogP contribution in [0.25, 0.3) is 0 Å². The van der Waals surface area contributed by atoms with Crippen molar-refractivity contribution in [1.29, 1.82) is 0 Å². The predicted molar refractivity (Wildman–Crippen MR) is 78.7 cm³/mol. The summed E-state index contributed by atoms with van der Waals surface area (Å²) < 4.78 is 5.16. The summed E-state index contributed by atoms with van der Waals surface area (Å²) in [6.45, 7) is 11.3. The third-order valence-electron chi connectivity index (χ3n) is 3.62. The molecule has 1 amide bonds. The van der Waals surface area contributed by atoms with Crippen molar-refractivity contribution in [2.75, 3.05) is 6.54 Å². The average molecular weight is 287 g/mol. The number of carboxylic acids is 1. The first kappa shape index (κ1) is 18.7. The number of ether oxygens (including phenoxy) is 1. The molecule has 0 aliphatic heterocycles. The molecule has 0 fully saturated rings. The molecule has 118 valence electrons. The lowest BCUT2D eigenvalue weighted by molar-refractivity contribution is -0.152.